The monoisotopic (exact) mass is 1140 g/mol. The van der Waals surface area contributed by atoms with Gasteiger partial charge in [0.05, 0.1) is 25.4 Å². The Balaban J connectivity index is 3.42. The molecule has 0 heterocycles. The molecule has 0 spiro atoms. The van der Waals surface area contributed by atoms with E-state index in [1.807, 2.05) is 0 Å². The number of hydrogen-bond acceptors (Lipinski definition) is 5. The molecule has 6 nitrogen and oxygen atoms in total. The Kier molecular flexibility index (Phi) is 68.4. The molecule has 0 saturated carbocycles. The SMILES string of the molecule is CCCCC/C=C\C/C=C\CCCCCCCCCCCC(=O)OCCCCCCCCCCC/C=C\C/C=C\CCCCCCCCCCCC(=O)NC(CO)C(O)CCCCCCCCCCCCCCCCCCCCCC. The van der Waals surface area contributed by atoms with Crippen LogP contribution in [0.15, 0.2) is 48.6 Å². The summed E-state index contributed by atoms with van der Waals surface area (Å²) in [6.07, 6.45) is 91.6. The molecule has 2 atom stereocenters. The first-order valence-corrected chi connectivity index (χ1v) is 36.4. The van der Waals surface area contributed by atoms with Crippen molar-refractivity contribution in [1.82, 2.24) is 5.32 Å². The van der Waals surface area contributed by atoms with Crippen LogP contribution < -0.4 is 5.32 Å². The second kappa shape index (κ2) is 70.3. The molecule has 0 aromatic rings. The summed E-state index contributed by atoms with van der Waals surface area (Å²) in [5, 5.41) is 23.4. The maximum atomic E-state index is 12.5. The third kappa shape index (κ3) is 66.8. The van der Waals surface area contributed by atoms with Crippen LogP contribution in [0.2, 0.25) is 0 Å². The zero-order valence-electron chi connectivity index (χ0n) is 54.5. The Bertz CT molecular complexity index is 1360. The van der Waals surface area contributed by atoms with E-state index in [0.717, 1.165) is 57.8 Å². The fourth-order valence-corrected chi connectivity index (χ4v) is 11.3. The highest BCUT2D eigenvalue weighted by Gasteiger charge is 2.20. The Morgan fingerprint density at radius 3 is 0.963 bits per heavy atom. The predicted molar refractivity (Wildman–Crippen MR) is 356 cm³/mol. The van der Waals surface area contributed by atoms with Crippen LogP contribution in [-0.2, 0) is 14.3 Å². The highest BCUT2D eigenvalue weighted by atomic mass is 16.5. The van der Waals surface area contributed by atoms with Crippen LogP contribution in [0.25, 0.3) is 0 Å². The van der Waals surface area contributed by atoms with Gasteiger partial charge in [-0.25, -0.2) is 0 Å². The summed E-state index contributed by atoms with van der Waals surface area (Å²) in [5.74, 6) is -0.0321. The zero-order chi connectivity index (χ0) is 58.5. The lowest BCUT2D eigenvalue weighted by molar-refractivity contribution is -0.143. The first kappa shape index (κ1) is 78.8. The van der Waals surface area contributed by atoms with Crippen molar-refractivity contribution < 1.29 is 24.5 Å². The number of aliphatic hydroxyl groups is 2. The van der Waals surface area contributed by atoms with Gasteiger partial charge in [-0.15, -0.1) is 0 Å². The molecule has 3 N–H and O–H groups in total. The highest BCUT2D eigenvalue weighted by Crippen LogP contribution is 2.18. The van der Waals surface area contributed by atoms with Crippen molar-refractivity contribution in [2.45, 2.75) is 405 Å². The molecule has 0 aromatic carbocycles. The molecule has 6 heteroatoms. The number of ether oxygens (including phenoxy) is 1. The number of rotatable bonds is 68. The minimum Gasteiger partial charge on any atom is -0.466 e. The largest absolute Gasteiger partial charge is 0.466 e. The quantitative estimate of drug-likeness (QED) is 0.0320. The van der Waals surface area contributed by atoms with E-state index >= 15 is 0 Å². The topological polar surface area (TPSA) is 95.9 Å². The van der Waals surface area contributed by atoms with Crippen molar-refractivity contribution in [3.63, 3.8) is 0 Å². The summed E-state index contributed by atoms with van der Waals surface area (Å²) in [6.45, 7) is 4.95. The van der Waals surface area contributed by atoms with Crippen molar-refractivity contribution in [2.24, 2.45) is 0 Å². The molecule has 0 aliphatic carbocycles. The molecule has 476 valence electrons. The van der Waals surface area contributed by atoms with Crippen LogP contribution in [0.5, 0.6) is 0 Å². The number of carbonyl (C=O) groups is 2. The van der Waals surface area contributed by atoms with Gasteiger partial charge in [0.25, 0.3) is 0 Å². The zero-order valence-corrected chi connectivity index (χ0v) is 54.5. The van der Waals surface area contributed by atoms with Gasteiger partial charge in [0, 0.05) is 12.8 Å². The van der Waals surface area contributed by atoms with Gasteiger partial charge in [-0.05, 0) is 89.9 Å². The van der Waals surface area contributed by atoms with Crippen molar-refractivity contribution >= 4 is 11.9 Å². The van der Waals surface area contributed by atoms with E-state index in [2.05, 4.69) is 67.8 Å². The molecule has 0 fully saturated rings. The number of amides is 1. The van der Waals surface area contributed by atoms with E-state index in [4.69, 9.17) is 4.74 Å². The van der Waals surface area contributed by atoms with E-state index in [1.165, 1.54) is 302 Å². The van der Waals surface area contributed by atoms with Gasteiger partial charge in [-0.1, -0.05) is 339 Å². The first-order valence-electron chi connectivity index (χ1n) is 36.4. The molecular weight excluding hydrogens is 995 g/mol. The first-order chi connectivity index (χ1) is 40.0. The number of nitrogens with one attached hydrogen (secondary N) is 1. The third-order valence-electron chi connectivity index (χ3n) is 16.9. The summed E-state index contributed by atoms with van der Waals surface area (Å²) in [7, 11) is 0. The van der Waals surface area contributed by atoms with Crippen molar-refractivity contribution in [2.75, 3.05) is 13.2 Å². The lowest BCUT2D eigenvalue weighted by atomic mass is 10.0. The van der Waals surface area contributed by atoms with E-state index in [0.29, 0.717) is 25.9 Å². The maximum Gasteiger partial charge on any atom is 0.305 e. The maximum absolute atomic E-state index is 12.5. The Morgan fingerprint density at radius 1 is 0.346 bits per heavy atom. The van der Waals surface area contributed by atoms with Gasteiger partial charge in [-0.2, -0.15) is 0 Å². The van der Waals surface area contributed by atoms with Gasteiger partial charge in [-0.3, -0.25) is 9.59 Å². The fourth-order valence-electron chi connectivity index (χ4n) is 11.3. The van der Waals surface area contributed by atoms with Gasteiger partial charge >= 0.3 is 5.97 Å². The lowest BCUT2D eigenvalue weighted by Crippen LogP contribution is -2.45. The van der Waals surface area contributed by atoms with Gasteiger partial charge in [0.2, 0.25) is 5.91 Å². The number of aliphatic hydroxyl groups excluding tert-OH is 2. The molecule has 1 amide bonds. The van der Waals surface area contributed by atoms with Crippen LogP contribution in [0.4, 0.5) is 0 Å². The molecule has 0 aliphatic rings. The summed E-state index contributed by atoms with van der Waals surface area (Å²) < 4.78 is 5.50. The number of carbonyl (C=O) groups excluding carboxylic acids is 2. The van der Waals surface area contributed by atoms with Crippen LogP contribution >= 0.6 is 0 Å². The van der Waals surface area contributed by atoms with Crippen LogP contribution in [0, 0.1) is 0 Å². The van der Waals surface area contributed by atoms with Crippen LogP contribution in [0.1, 0.15) is 393 Å². The normalized spacial score (nSPS) is 12.8. The molecular formula is C75H141NO5. The Hall–Kier alpha value is -2.18. The number of esters is 1. The van der Waals surface area contributed by atoms with Crippen LogP contribution in [0.3, 0.4) is 0 Å². The Labute approximate surface area is 506 Å². The minimum atomic E-state index is -0.670. The van der Waals surface area contributed by atoms with Crippen molar-refractivity contribution in [1.29, 1.82) is 0 Å². The summed E-state index contributed by atoms with van der Waals surface area (Å²) in [5.41, 5.74) is 0. The predicted octanol–water partition coefficient (Wildman–Crippen LogP) is 23.6. The second-order valence-electron chi connectivity index (χ2n) is 24.9. The van der Waals surface area contributed by atoms with Gasteiger partial charge < -0.3 is 20.3 Å². The molecule has 0 saturated heterocycles. The molecule has 0 rings (SSSR count). The molecule has 0 aliphatic heterocycles. The number of unbranched alkanes of at least 4 members (excludes halogenated alkanes) is 49. The molecule has 0 bridgehead atoms. The minimum absolute atomic E-state index is 0.00566. The van der Waals surface area contributed by atoms with Gasteiger partial charge in [0.15, 0.2) is 0 Å². The average Bonchev–Trinajstić information content (AvgIpc) is 3.47. The fraction of sp³-hybridized carbons (Fsp3) is 0.867. The highest BCUT2D eigenvalue weighted by molar-refractivity contribution is 5.76. The number of allylic oxidation sites excluding steroid dienone is 8. The molecule has 0 radical (unpaired) electrons. The van der Waals surface area contributed by atoms with E-state index < -0.39 is 12.1 Å². The van der Waals surface area contributed by atoms with E-state index in [9.17, 15) is 19.8 Å². The number of hydrogen-bond donors (Lipinski definition) is 3. The molecule has 0 aromatic heterocycles. The third-order valence-corrected chi connectivity index (χ3v) is 16.9. The second-order valence-corrected chi connectivity index (χ2v) is 24.9. The Morgan fingerprint density at radius 2 is 0.617 bits per heavy atom. The summed E-state index contributed by atoms with van der Waals surface area (Å²) in [4.78, 5) is 24.7. The van der Waals surface area contributed by atoms with Crippen molar-refractivity contribution in [3.05, 3.63) is 48.6 Å². The standard InChI is InChI=1S/C75H141NO5/c1-3-5-7-9-11-13-15-17-19-21-23-32-35-39-43-47-51-55-59-63-67-73(78)72(71-77)76-74(79)68-64-60-56-52-48-44-40-36-33-29-27-25-24-26-28-30-34-38-42-46-50-54-58-62-66-70-81-75(80)69-65-61-57-53-49-45-41-37-31-22-20-18-16-14-12-10-8-6-4-2/h12,14,18,20,25-28,72-73,77-78H,3-11,13,15-17,19,21-24,29-71H2,1-2H3,(H,76,79)/b14-12-,20-18-,27-25-,28-26-. The van der Waals surface area contributed by atoms with Gasteiger partial charge in [0.1, 0.15) is 0 Å². The van der Waals surface area contributed by atoms with Crippen molar-refractivity contribution in [3.8, 4) is 0 Å². The lowest BCUT2D eigenvalue weighted by Gasteiger charge is -2.22. The van der Waals surface area contributed by atoms with E-state index in [-0.39, 0.29) is 18.5 Å². The summed E-state index contributed by atoms with van der Waals surface area (Å²) in [6, 6.07) is -0.548. The van der Waals surface area contributed by atoms with E-state index in [1.54, 1.807) is 0 Å². The molecule has 81 heavy (non-hydrogen) atoms. The summed E-state index contributed by atoms with van der Waals surface area (Å²) >= 11 is 0. The average molecular weight is 1140 g/mol. The smallest absolute Gasteiger partial charge is 0.305 e. The molecule has 2 unspecified atom stereocenters. The van der Waals surface area contributed by atoms with Crippen LogP contribution in [-0.4, -0.2) is 47.4 Å².